The molecule has 1 aliphatic rings. The Morgan fingerprint density at radius 2 is 1.79 bits per heavy atom. The minimum atomic E-state index is 0.239. The van der Waals surface area contributed by atoms with E-state index in [2.05, 4.69) is 57.2 Å². The van der Waals surface area contributed by atoms with Crippen LogP contribution in [0.4, 0.5) is 0 Å². The van der Waals surface area contributed by atoms with Crippen LogP contribution in [0.15, 0.2) is 36.4 Å². The lowest BCUT2D eigenvalue weighted by Crippen LogP contribution is -2.23. The van der Waals surface area contributed by atoms with Crippen LogP contribution in [0.3, 0.4) is 0 Å². The molecule has 0 fully saturated rings. The monoisotopic (exact) mass is 204 g/mol. The van der Waals surface area contributed by atoms with Crippen molar-refractivity contribution >= 4 is 11.3 Å². The van der Waals surface area contributed by atoms with Crippen LogP contribution >= 0.6 is 11.3 Å². The number of thiophene rings is 1. The van der Waals surface area contributed by atoms with Crippen molar-refractivity contribution in [3.05, 3.63) is 46.2 Å². The molecule has 74 valence electrons. The van der Waals surface area contributed by atoms with Crippen LogP contribution in [0.2, 0.25) is 0 Å². The standard InChI is InChI=1S/C13H16S/c1-10-8-9-12(14-10)13(2,3)11-6-4-5-7-11/h4-9,11H,1-3H3. The molecule has 1 aromatic heterocycles. The summed E-state index contributed by atoms with van der Waals surface area (Å²) in [5.41, 5.74) is 0.239. The summed E-state index contributed by atoms with van der Waals surface area (Å²) in [6.07, 6.45) is 8.86. The zero-order valence-corrected chi connectivity index (χ0v) is 9.77. The molecule has 0 saturated carbocycles. The summed E-state index contributed by atoms with van der Waals surface area (Å²) < 4.78 is 0. The summed E-state index contributed by atoms with van der Waals surface area (Å²) in [5, 5.41) is 0. The first-order valence-corrected chi connectivity index (χ1v) is 5.84. The molecule has 1 aliphatic carbocycles. The highest BCUT2D eigenvalue weighted by molar-refractivity contribution is 7.12. The van der Waals surface area contributed by atoms with Gasteiger partial charge < -0.3 is 0 Å². The predicted molar refractivity (Wildman–Crippen MR) is 63.9 cm³/mol. The Morgan fingerprint density at radius 3 is 2.29 bits per heavy atom. The average Bonchev–Trinajstić information content (AvgIpc) is 2.72. The van der Waals surface area contributed by atoms with Gasteiger partial charge in [0.25, 0.3) is 0 Å². The minimum Gasteiger partial charge on any atom is -0.145 e. The van der Waals surface area contributed by atoms with Crippen molar-refractivity contribution in [2.45, 2.75) is 26.2 Å². The molecule has 0 N–H and O–H groups in total. The van der Waals surface area contributed by atoms with Gasteiger partial charge in [-0.3, -0.25) is 0 Å². The third-order valence-electron chi connectivity index (χ3n) is 2.96. The van der Waals surface area contributed by atoms with E-state index in [4.69, 9.17) is 0 Å². The van der Waals surface area contributed by atoms with E-state index in [-0.39, 0.29) is 5.41 Å². The lowest BCUT2D eigenvalue weighted by molar-refractivity contribution is 0.457. The van der Waals surface area contributed by atoms with Gasteiger partial charge in [-0.05, 0) is 19.1 Å². The normalized spacial score (nSPS) is 16.8. The number of allylic oxidation sites excluding steroid dienone is 4. The molecule has 0 spiro atoms. The van der Waals surface area contributed by atoms with Gasteiger partial charge in [-0.1, -0.05) is 38.2 Å². The first kappa shape index (κ1) is 9.72. The Hall–Kier alpha value is -0.820. The van der Waals surface area contributed by atoms with Crippen molar-refractivity contribution in [2.24, 2.45) is 5.92 Å². The molecule has 0 amide bonds. The van der Waals surface area contributed by atoms with E-state index in [1.54, 1.807) is 0 Å². The molecule has 1 heterocycles. The molecule has 0 bridgehead atoms. The summed E-state index contributed by atoms with van der Waals surface area (Å²) in [6.45, 7) is 6.82. The van der Waals surface area contributed by atoms with Crippen LogP contribution in [0.5, 0.6) is 0 Å². The molecule has 1 heteroatoms. The fraction of sp³-hybridized carbons (Fsp3) is 0.385. The lowest BCUT2D eigenvalue weighted by atomic mass is 9.78. The van der Waals surface area contributed by atoms with Gasteiger partial charge in [0.2, 0.25) is 0 Å². The Morgan fingerprint density at radius 1 is 1.14 bits per heavy atom. The molecule has 0 aromatic carbocycles. The number of hydrogen-bond donors (Lipinski definition) is 0. The molecule has 0 atom stereocenters. The summed E-state index contributed by atoms with van der Waals surface area (Å²) in [4.78, 5) is 2.88. The first-order valence-electron chi connectivity index (χ1n) is 5.02. The molecule has 2 rings (SSSR count). The van der Waals surface area contributed by atoms with E-state index in [1.165, 1.54) is 9.75 Å². The highest BCUT2D eigenvalue weighted by atomic mass is 32.1. The Balaban J connectivity index is 2.31. The second-order valence-electron chi connectivity index (χ2n) is 4.43. The fourth-order valence-electron chi connectivity index (χ4n) is 1.86. The van der Waals surface area contributed by atoms with Crippen molar-refractivity contribution in [3.63, 3.8) is 0 Å². The summed E-state index contributed by atoms with van der Waals surface area (Å²) in [5.74, 6) is 0.556. The third kappa shape index (κ3) is 1.57. The van der Waals surface area contributed by atoms with E-state index >= 15 is 0 Å². The molecule has 0 radical (unpaired) electrons. The number of aryl methyl sites for hydroxylation is 1. The van der Waals surface area contributed by atoms with Crippen molar-refractivity contribution in [2.75, 3.05) is 0 Å². The molecule has 0 saturated heterocycles. The molecular formula is C13H16S. The number of rotatable bonds is 2. The molecule has 0 unspecified atom stereocenters. The van der Waals surface area contributed by atoms with Gasteiger partial charge in [0.1, 0.15) is 0 Å². The van der Waals surface area contributed by atoms with Gasteiger partial charge in [0, 0.05) is 21.1 Å². The van der Waals surface area contributed by atoms with E-state index in [0.717, 1.165) is 0 Å². The highest BCUT2D eigenvalue weighted by Gasteiger charge is 2.29. The maximum Gasteiger partial charge on any atom is 0.0113 e. The predicted octanol–water partition coefficient (Wildman–Crippen LogP) is 4.08. The van der Waals surface area contributed by atoms with Crippen LogP contribution < -0.4 is 0 Å². The van der Waals surface area contributed by atoms with Crippen LogP contribution in [0.1, 0.15) is 23.6 Å². The van der Waals surface area contributed by atoms with Gasteiger partial charge in [0.05, 0.1) is 0 Å². The Labute approximate surface area is 90.0 Å². The second-order valence-corrected chi connectivity index (χ2v) is 5.72. The van der Waals surface area contributed by atoms with Crippen LogP contribution in [-0.2, 0) is 5.41 Å². The smallest absolute Gasteiger partial charge is 0.0113 e. The average molecular weight is 204 g/mol. The lowest BCUT2D eigenvalue weighted by Gasteiger charge is -2.28. The van der Waals surface area contributed by atoms with Crippen LogP contribution in [0.25, 0.3) is 0 Å². The van der Waals surface area contributed by atoms with Gasteiger partial charge in [0.15, 0.2) is 0 Å². The van der Waals surface area contributed by atoms with Crippen molar-refractivity contribution in [1.82, 2.24) is 0 Å². The summed E-state index contributed by atoms with van der Waals surface area (Å²) >= 11 is 1.91. The van der Waals surface area contributed by atoms with Crippen molar-refractivity contribution in [3.8, 4) is 0 Å². The largest absolute Gasteiger partial charge is 0.145 e. The zero-order valence-electron chi connectivity index (χ0n) is 8.95. The SMILES string of the molecule is Cc1ccc(C(C)(C)C2C=CC=C2)s1. The topological polar surface area (TPSA) is 0 Å². The fourth-order valence-corrected chi connectivity index (χ4v) is 2.88. The van der Waals surface area contributed by atoms with Gasteiger partial charge in [-0.25, -0.2) is 0 Å². The van der Waals surface area contributed by atoms with Crippen LogP contribution in [0, 0.1) is 12.8 Å². The van der Waals surface area contributed by atoms with Crippen LogP contribution in [-0.4, -0.2) is 0 Å². The van der Waals surface area contributed by atoms with E-state index in [9.17, 15) is 0 Å². The molecular weight excluding hydrogens is 188 g/mol. The van der Waals surface area contributed by atoms with Gasteiger partial charge >= 0.3 is 0 Å². The first-order chi connectivity index (χ1) is 6.60. The van der Waals surface area contributed by atoms with E-state index < -0.39 is 0 Å². The molecule has 1 aromatic rings. The zero-order chi connectivity index (χ0) is 10.2. The maximum atomic E-state index is 2.32. The van der Waals surface area contributed by atoms with E-state index in [1.807, 2.05) is 11.3 Å². The van der Waals surface area contributed by atoms with Crippen molar-refractivity contribution in [1.29, 1.82) is 0 Å². The highest BCUT2D eigenvalue weighted by Crippen LogP contribution is 2.38. The third-order valence-corrected chi connectivity index (χ3v) is 4.30. The maximum absolute atomic E-state index is 2.32. The molecule has 0 aliphatic heterocycles. The minimum absolute atomic E-state index is 0.239. The molecule has 0 nitrogen and oxygen atoms in total. The number of hydrogen-bond acceptors (Lipinski definition) is 1. The second kappa shape index (κ2) is 3.39. The van der Waals surface area contributed by atoms with Gasteiger partial charge in [-0.15, -0.1) is 11.3 Å². The van der Waals surface area contributed by atoms with Gasteiger partial charge in [-0.2, -0.15) is 0 Å². The Kier molecular flexibility index (Phi) is 2.36. The molecule has 14 heavy (non-hydrogen) atoms. The Bertz CT molecular complexity index is 368. The quantitative estimate of drug-likeness (QED) is 0.681. The van der Waals surface area contributed by atoms with E-state index in [0.29, 0.717) is 5.92 Å². The summed E-state index contributed by atoms with van der Waals surface area (Å²) in [6, 6.07) is 4.48. The van der Waals surface area contributed by atoms with Crippen molar-refractivity contribution < 1.29 is 0 Å². The summed E-state index contributed by atoms with van der Waals surface area (Å²) in [7, 11) is 0.